The van der Waals surface area contributed by atoms with Crippen LogP contribution in [0.4, 0.5) is 0 Å². The molecule has 1 N–H and O–H groups in total. The van der Waals surface area contributed by atoms with Crippen molar-refractivity contribution in [3.05, 3.63) is 33.8 Å². The average molecular weight is 205 g/mol. The van der Waals surface area contributed by atoms with Crippen molar-refractivity contribution in [1.29, 1.82) is 0 Å². The Morgan fingerprint density at radius 3 is 2.25 bits per heavy atom. The quantitative estimate of drug-likeness (QED) is 0.746. The summed E-state index contributed by atoms with van der Waals surface area (Å²) < 4.78 is 0. The highest BCUT2D eigenvalue weighted by molar-refractivity contribution is 6.35. The summed E-state index contributed by atoms with van der Waals surface area (Å²) in [6.45, 7) is 3.37. The van der Waals surface area contributed by atoms with Gasteiger partial charge in [0.25, 0.3) is 0 Å². The van der Waals surface area contributed by atoms with Crippen molar-refractivity contribution in [2.24, 2.45) is 0 Å². The van der Waals surface area contributed by atoms with E-state index in [1.54, 1.807) is 32.0 Å². The molecule has 0 aromatic heterocycles. The van der Waals surface area contributed by atoms with Gasteiger partial charge in [0.1, 0.15) is 0 Å². The number of rotatable bonds is 1. The first kappa shape index (κ1) is 9.85. The van der Waals surface area contributed by atoms with E-state index in [0.29, 0.717) is 15.6 Å². The molecule has 0 saturated carbocycles. The Morgan fingerprint density at radius 2 is 1.83 bits per heavy atom. The molecule has 0 amide bonds. The van der Waals surface area contributed by atoms with Crippen molar-refractivity contribution in [2.45, 2.75) is 19.4 Å². The van der Waals surface area contributed by atoms with Crippen LogP contribution in [0.25, 0.3) is 0 Å². The van der Waals surface area contributed by atoms with Crippen LogP contribution < -0.4 is 0 Å². The fraction of sp³-hybridized carbons (Fsp3) is 0.333. The molecule has 0 atom stereocenters. The molecule has 0 aliphatic rings. The Kier molecular flexibility index (Phi) is 2.67. The van der Waals surface area contributed by atoms with Crippen LogP contribution in [0.15, 0.2) is 18.2 Å². The van der Waals surface area contributed by atoms with Crippen molar-refractivity contribution in [3.63, 3.8) is 0 Å². The highest BCUT2D eigenvalue weighted by Gasteiger charge is 2.18. The molecule has 0 saturated heterocycles. The monoisotopic (exact) mass is 204 g/mol. The second-order valence-corrected chi connectivity index (χ2v) is 4.03. The molecule has 12 heavy (non-hydrogen) atoms. The molecule has 0 unspecified atom stereocenters. The van der Waals surface area contributed by atoms with Crippen molar-refractivity contribution in [1.82, 2.24) is 0 Å². The molecule has 3 heteroatoms. The van der Waals surface area contributed by atoms with Crippen molar-refractivity contribution < 1.29 is 5.11 Å². The van der Waals surface area contributed by atoms with Crippen LogP contribution in [0.5, 0.6) is 0 Å². The summed E-state index contributed by atoms with van der Waals surface area (Å²) in [5.74, 6) is 0. The molecule has 0 radical (unpaired) electrons. The van der Waals surface area contributed by atoms with E-state index >= 15 is 0 Å². The zero-order valence-electron chi connectivity index (χ0n) is 6.94. The van der Waals surface area contributed by atoms with Crippen LogP contribution >= 0.6 is 23.2 Å². The lowest BCUT2D eigenvalue weighted by atomic mass is 9.99. The summed E-state index contributed by atoms with van der Waals surface area (Å²) >= 11 is 11.6. The Morgan fingerprint density at radius 1 is 1.25 bits per heavy atom. The molecule has 0 aliphatic carbocycles. The van der Waals surface area contributed by atoms with Crippen LogP contribution in [0.2, 0.25) is 10.0 Å². The Hall–Kier alpha value is -0.240. The van der Waals surface area contributed by atoms with E-state index in [4.69, 9.17) is 23.2 Å². The van der Waals surface area contributed by atoms with Crippen molar-refractivity contribution in [2.75, 3.05) is 0 Å². The van der Waals surface area contributed by atoms with Gasteiger partial charge in [-0.1, -0.05) is 29.3 Å². The highest BCUT2D eigenvalue weighted by atomic mass is 35.5. The molecule has 1 nitrogen and oxygen atoms in total. The molecular formula is C9H10Cl2O. The van der Waals surface area contributed by atoms with Gasteiger partial charge in [-0.15, -0.1) is 0 Å². The van der Waals surface area contributed by atoms with E-state index in [-0.39, 0.29) is 0 Å². The maximum absolute atomic E-state index is 9.63. The zero-order chi connectivity index (χ0) is 9.35. The highest BCUT2D eigenvalue weighted by Crippen LogP contribution is 2.29. The minimum absolute atomic E-state index is 0.495. The third-order valence-electron chi connectivity index (χ3n) is 1.59. The van der Waals surface area contributed by atoms with Gasteiger partial charge in [-0.3, -0.25) is 0 Å². The van der Waals surface area contributed by atoms with Gasteiger partial charge in [-0.05, 0) is 26.0 Å². The third kappa shape index (κ3) is 2.13. The Labute approximate surface area is 81.9 Å². The van der Waals surface area contributed by atoms with Gasteiger partial charge < -0.3 is 5.11 Å². The standard InChI is InChI=1S/C9H10Cl2O/c1-9(2,12)7-4-3-6(10)5-8(7)11/h3-5,12H,1-2H3. The molecule has 66 valence electrons. The predicted octanol–water partition coefficient (Wildman–Crippen LogP) is 3.22. The molecule has 0 fully saturated rings. The molecule has 1 aromatic rings. The van der Waals surface area contributed by atoms with E-state index < -0.39 is 5.60 Å². The Balaban J connectivity index is 3.19. The first-order chi connectivity index (χ1) is 5.41. The van der Waals surface area contributed by atoms with Crippen molar-refractivity contribution >= 4 is 23.2 Å². The topological polar surface area (TPSA) is 20.2 Å². The lowest BCUT2D eigenvalue weighted by Gasteiger charge is -2.19. The number of halogens is 2. The van der Waals surface area contributed by atoms with Gasteiger partial charge in [0.05, 0.1) is 5.60 Å². The maximum Gasteiger partial charge on any atom is 0.0854 e. The summed E-state index contributed by atoms with van der Waals surface area (Å²) in [5, 5.41) is 10.7. The SMILES string of the molecule is CC(C)(O)c1ccc(Cl)cc1Cl. The van der Waals surface area contributed by atoms with Crippen molar-refractivity contribution in [3.8, 4) is 0 Å². The fourth-order valence-electron chi connectivity index (χ4n) is 0.986. The van der Waals surface area contributed by atoms with E-state index in [1.807, 2.05) is 0 Å². The molecule has 1 aromatic carbocycles. The number of benzene rings is 1. The maximum atomic E-state index is 9.63. The van der Waals surface area contributed by atoms with Gasteiger partial charge in [-0.2, -0.15) is 0 Å². The lowest BCUT2D eigenvalue weighted by molar-refractivity contribution is 0.0787. The summed E-state index contributed by atoms with van der Waals surface area (Å²) in [4.78, 5) is 0. The summed E-state index contributed by atoms with van der Waals surface area (Å²) in [6.07, 6.45) is 0. The van der Waals surface area contributed by atoms with Crippen LogP contribution in [-0.4, -0.2) is 5.11 Å². The average Bonchev–Trinajstić information content (AvgIpc) is 1.83. The summed E-state index contributed by atoms with van der Waals surface area (Å²) in [6, 6.07) is 5.06. The van der Waals surface area contributed by atoms with Crippen LogP contribution in [-0.2, 0) is 5.60 Å². The summed E-state index contributed by atoms with van der Waals surface area (Å²) in [5.41, 5.74) is -0.227. The molecular weight excluding hydrogens is 195 g/mol. The van der Waals surface area contributed by atoms with Gasteiger partial charge in [0, 0.05) is 15.6 Å². The molecule has 0 spiro atoms. The number of aliphatic hydroxyl groups is 1. The third-order valence-corrected chi connectivity index (χ3v) is 2.14. The van der Waals surface area contributed by atoms with Gasteiger partial charge in [0.2, 0.25) is 0 Å². The van der Waals surface area contributed by atoms with E-state index in [2.05, 4.69) is 0 Å². The number of hydrogen-bond donors (Lipinski definition) is 1. The smallest absolute Gasteiger partial charge is 0.0854 e. The van der Waals surface area contributed by atoms with Gasteiger partial charge >= 0.3 is 0 Å². The second-order valence-electron chi connectivity index (χ2n) is 3.18. The van der Waals surface area contributed by atoms with Crippen LogP contribution in [0.1, 0.15) is 19.4 Å². The van der Waals surface area contributed by atoms with Crippen LogP contribution in [0.3, 0.4) is 0 Å². The van der Waals surface area contributed by atoms with Crippen LogP contribution in [0, 0.1) is 0 Å². The zero-order valence-corrected chi connectivity index (χ0v) is 8.45. The second kappa shape index (κ2) is 3.25. The lowest BCUT2D eigenvalue weighted by Crippen LogP contribution is -2.15. The predicted molar refractivity (Wildman–Crippen MR) is 51.7 cm³/mol. The minimum Gasteiger partial charge on any atom is -0.386 e. The van der Waals surface area contributed by atoms with E-state index in [9.17, 15) is 5.11 Å². The van der Waals surface area contributed by atoms with E-state index in [0.717, 1.165) is 0 Å². The molecule has 0 aliphatic heterocycles. The van der Waals surface area contributed by atoms with Gasteiger partial charge in [-0.25, -0.2) is 0 Å². The largest absolute Gasteiger partial charge is 0.386 e. The molecule has 0 bridgehead atoms. The van der Waals surface area contributed by atoms with Gasteiger partial charge in [0.15, 0.2) is 0 Å². The fourth-order valence-corrected chi connectivity index (χ4v) is 1.63. The first-order valence-corrected chi connectivity index (χ1v) is 4.35. The minimum atomic E-state index is -0.915. The number of hydrogen-bond acceptors (Lipinski definition) is 1. The molecule has 1 rings (SSSR count). The van der Waals surface area contributed by atoms with E-state index in [1.165, 1.54) is 0 Å². The first-order valence-electron chi connectivity index (χ1n) is 3.59. The Bertz CT molecular complexity index is 289. The normalized spacial score (nSPS) is 11.8. The summed E-state index contributed by atoms with van der Waals surface area (Å²) in [7, 11) is 0. The molecule has 0 heterocycles.